The van der Waals surface area contributed by atoms with E-state index < -0.39 is 14.4 Å². The molecule has 1 saturated heterocycles. The molecular formula is C13H23NO3Si. The molecule has 0 aromatic carbocycles. The van der Waals surface area contributed by atoms with Crippen LogP contribution in [-0.4, -0.2) is 42.6 Å². The molecule has 0 radical (unpaired) electrons. The van der Waals surface area contributed by atoms with Gasteiger partial charge in [0.15, 0.2) is 8.32 Å². The molecule has 5 heteroatoms. The van der Waals surface area contributed by atoms with Crippen LogP contribution < -0.4 is 0 Å². The summed E-state index contributed by atoms with van der Waals surface area (Å²) in [6.45, 7) is 11.0. The summed E-state index contributed by atoms with van der Waals surface area (Å²) in [6.07, 6.45) is 3.98. The topological polar surface area (TPSA) is 49.8 Å². The number of rotatable bonds is 2. The minimum absolute atomic E-state index is 0.0160. The summed E-state index contributed by atoms with van der Waals surface area (Å²) in [5, 5.41) is 9.37. The molecule has 2 aliphatic heterocycles. The number of nitrogens with zero attached hydrogens (tertiary/aromatic N) is 1. The van der Waals surface area contributed by atoms with Crippen molar-refractivity contribution in [1.29, 1.82) is 0 Å². The predicted octanol–water partition coefficient (Wildman–Crippen LogP) is 3.07. The van der Waals surface area contributed by atoms with E-state index in [0.717, 1.165) is 6.42 Å². The van der Waals surface area contributed by atoms with E-state index in [1.807, 2.05) is 12.2 Å². The third-order valence-electron chi connectivity index (χ3n) is 4.54. The van der Waals surface area contributed by atoms with Gasteiger partial charge in [0, 0.05) is 0 Å². The molecule has 4 nitrogen and oxygen atoms in total. The number of fused-ring (bicyclic) bond motifs is 2. The number of carbonyl (C=O) groups is 1. The first-order chi connectivity index (χ1) is 8.13. The summed E-state index contributed by atoms with van der Waals surface area (Å²) in [5.41, 5.74) is 0. The van der Waals surface area contributed by atoms with Gasteiger partial charge < -0.3 is 9.53 Å². The van der Waals surface area contributed by atoms with Gasteiger partial charge in [-0.1, -0.05) is 32.9 Å². The molecule has 0 aromatic rings. The van der Waals surface area contributed by atoms with E-state index in [9.17, 15) is 9.90 Å². The van der Waals surface area contributed by atoms with Crippen molar-refractivity contribution in [3.63, 3.8) is 0 Å². The minimum Gasteiger partial charge on any atom is -0.465 e. The van der Waals surface area contributed by atoms with E-state index in [4.69, 9.17) is 4.43 Å². The van der Waals surface area contributed by atoms with Crippen molar-refractivity contribution < 1.29 is 14.3 Å². The fourth-order valence-corrected chi connectivity index (χ4v) is 3.81. The van der Waals surface area contributed by atoms with Gasteiger partial charge in [0.05, 0.1) is 18.2 Å². The summed E-state index contributed by atoms with van der Waals surface area (Å²) >= 11 is 0. The van der Waals surface area contributed by atoms with Crippen LogP contribution in [-0.2, 0) is 4.43 Å². The van der Waals surface area contributed by atoms with Gasteiger partial charge in [-0.05, 0) is 24.6 Å². The second-order valence-electron chi connectivity index (χ2n) is 6.79. The van der Waals surface area contributed by atoms with E-state index >= 15 is 0 Å². The quantitative estimate of drug-likeness (QED) is 0.619. The fraction of sp³-hybridized carbons (Fsp3) is 0.769. The van der Waals surface area contributed by atoms with Gasteiger partial charge in [-0.3, -0.25) is 4.90 Å². The first-order valence-corrected chi connectivity index (χ1v) is 9.42. The molecule has 0 unspecified atom stereocenters. The van der Waals surface area contributed by atoms with Gasteiger partial charge in [0.25, 0.3) is 0 Å². The Balaban J connectivity index is 2.10. The number of hydrogen-bond donors (Lipinski definition) is 1. The summed E-state index contributed by atoms with van der Waals surface area (Å²) in [6, 6.07) is -0.0658. The predicted molar refractivity (Wildman–Crippen MR) is 73.3 cm³/mol. The fourth-order valence-electron chi connectivity index (χ4n) is 2.46. The van der Waals surface area contributed by atoms with Crippen LogP contribution in [0, 0.1) is 0 Å². The van der Waals surface area contributed by atoms with E-state index in [0.29, 0.717) is 0 Å². The molecule has 2 rings (SSSR count). The molecule has 3 atom stereocenters. The molecule has 18 heavy (non-hydrogen) atoms. The number of hydrogen-bond acceptors (Lipinski definition) is 2. The lowest BCUT2D eigenvalue weighted by Crippen LogP contribution is -2.47. The van der Waals surface area contributed by atoms with Gasteiger partial charge in [-0.15, -0.1) is 0 Å². The maximum absolute atomic E-state index is 11.2. The van der Waals surface area contributed by atoms with Crippen molar-refractivity contribution in [2.24, 2.45) is 0 Å². The molecule has 2 aliphatic rings. The molecule has 0 aromatic heterocycles. The van der Waals surface area contributed by atoms with Crippen LogP contribution in [0.15, 0.2) is 12.2 Å². The maximum Gasteiger partial charge on any atom is 0.408 e. The Hall–Kier alpha value is -0.813. The average Bonchev–Trinajstić information content (AvgIpc) is 2.71. The standard InChI is InChI=1S/C13H23NO3Si/c1-13(2,3)18(4,5)17-11-8-9-6-7-10(11)14(9)12(15)16/h6-7,9-11H,8H2,1-5H3,(H,15,16)/t9-,10+,11+/m1/s1. The molecule has 1 fully saturated rings. The van der Waals surface area contributed by atoms with Crippen molar-refractivity contribution in [3.8, 4) is 0 Å². The zero-order chi connectivity index (χ0) is 13.7. The van der Waals surface area contributed by atoms with Crippen LogP contribution in [0.25, 0.3) is 0 Å². The molecule has 2 bridgehead atoms. The highest BCUT2D eigenvalue weighted by molar-refractivity contribution is 6.74. The lowest BCUT2D eigenvalue weighted by atomic mass is 10.1. The monoisotopic (exact) mass is 269 g/mol. The molecule has 0 spiro atoms. The maximum atomic E-state index is 11.2. The second-order valence-corrected chi connectivity index (χ2v) is 11.5. The van der Waals surface area contributed by atoms with Crippen molar-refractivity contribution in [3.05, 3.63) is 12.2 Å². The highest BCUT2D eigenvalue weighted by Gasteiger charge is 2.49. The molecule has 2 heterocycles. The Morgan fingerprint density at radius 3 is 2.44 bits per heavy atom. The highest BCUT2D eigenvalue weighted by Crippen LogP contribution is 2.42. The molecule has 0 aliphatic carbocycles. The first-order valence-electron chi connectivity index (χ1n) is 6.51. The highest BCUT2D eigenvalue weighted by atomic mass is 28.4. The largest absolute Gasteiger partial charge is 0.465 e. The third kappa shape index (κ3) is 2.10. The van der Waals surface area contributed by atoms with Gasteiger partial charge >= 0.3 is 6.09 Å². The van der Waals surface area contributed by atoms with Gasteiger partial charge in [-0.25, -0.2) is 4.79 Å². The lowest BCUT2D eigenvalue weighted by molar-refractivity contribution is 0.121. The number of amides is 1. The van der Waals surface area contributed by atoms with Gasteiger partial charge in [0.1, 0.15) is 0 Å². The Kier molecular flexibility index (Phi) is 3.10. The molecular weight excluding hydrogens is 246 g/mol. The van der Waals surface area contributed by atoms with E-state index in [1.165, 1.54) is 4.90 Å². The van der Waals surface area contributed by atoms with Crippen molar-refractivity contribution >= 4 is 14.4 Å². The zero-order valence-corrected chi connectivity index (χ0v) is 12.8. The van der Waals surface area contributed by atoms with Gasteiger partial charge in [0.2, 0.25) is 0 Å². The second kappa shape index (κ2) is 4.10. The van der Waals surface area contributed by atoms with Crippen LogP contribution in [0.2, 0.25) is 18.1 Å². The number of carboxylic acid groups (broad SMARTS) is 1. The van der Waals surface area contributed by atoms with Crippen molar-refractivity contribution in [2.75, 3.05) is 0 Å². The summed E-state index contributed by atoms with van der Waals surface area (Å²) < 4.78 is 6.36. The molecule has 102 valence electrons. The van der Waals surface area contributed by atoms with E-state index in [2.05, 4.69) is 33.9 Å². The van der Waals surface area contributed by atoms with E-state index in [-0.39, 0.29) is 23.2 Å². The van der Waals surface area contributed by atoms with Crippen LogP contribution in [0.3, 0.4) is 0 Å². The van der Waals surface area contributed by atoms with Crippen molar-refractivity contribution in [1.82, 2.24) is 4.90 Å². The smallest absolute Gasteiger partial charge is 0.408 e. The molecule has 1 amide bonds. The Bertz CT molecular complexity index is 386. The third-order valence-corrected chi connectivity index (χ3v) is 9.04. The zero-order valence-electron chi connectivity index (χ0n) is 11.8. The molecule has 1 N–H and O–H groups in total. The average molecular weight is 269 g/mol. The summed E-state index contributed by atoms with van der Waals surface area (Å²) in [4.78, 5) is 12.7. The molecule has 0 saturated carbocycles. The Labute approximate surface area is 110 Å². The summed E-state index contributed by atoms with van der Waals surface area (Å²) in [7, 11) is -1.83. The van der Waals surface area contributed by atoms with Crippen LogP contribution in [0.5, 0.6) is 0 Å². The Morgan fingerprint density at radius 2 is 2.00 bits per heavy atom. The lowest BCUT2D eigenvalue weighted by Gasteiger charge is -2.39. The van der Waals surface area contributed by atoms with Gasteiger partial charge in [-0.2, -0.15) is 0 Å². The summed E-state index contributed by atoms with van der Waals surface area (Å²) in [5.74, 6) is 0. The van der Waals surface area contributed by atoms with Crippen LogP contribution in [0.1, 0.15) is 27.2 Å². The van der Waals surface area contributed by atoms with Crippen molar-refractivity contribution in [2.45, 2.75) is 63.5 Å². The minimum atomic E-state index is -1.83. The van der Waals surface area contributed by atoms with Crippen LogP contribution in [0.4, 0.5) is 4.79 Å². The SMILES string of the molecule is CC(C)(C)[Si](C)(C)O[C@H]1C[C@H]2C=C[C@@H]1N2C(=O)O. The normalized spacial score (nSPS) is 31.2. The van der Waals surface area contributed by atoms with E-state index in [1.54, 1.807) is 0 Å². The van der Waals surface area contributed by atoms with Crippen LogP contribution >= 0.6 is 0 Å². The first kappa shape index (κ1) is 13.6. The Morgan fingerprint density at radius 1 is 1.39 bits per heavy atom.